The van der Waals surface area contributed by atoms with Gasteiger partial charge in [0.25, 0.3) is 0 Å². The zero-order valence-electron chi connectivity index (χ0n) is 32.4. The van der Waals surface area contributed by atoms with E-state index in [1.807, 2.05) is 39.8 Å². The molecule has 0 saturated heterocycles. The molecule has 286 valence electrons. The first-order valence-corrected chi connectivity index (χ1v) is 20.1. The monoisotopic (exact) mass is 776 g/mol. The lowest BCUT2D eigenvalue weighted by atomic mass is 9.72. The molecule has 0 saturated carbocycles. The van der Waals surface area contributed by atoms with E-state index in [1.54, 1.807) is 44.2 Å². The highest BCUT2D eigenvalue weighted by atomic mass is 32.2. The van der Waals surface area contributed by atoms with Crippen molar-refractivity contribution in [1.82, 2.24) is 0 Å². The van der Waals surface area contributed by atoms with E-state index in [-0.39, 0.29) is 45.0 Å². The number of alkyl halides is 3. The number of halogens is 3. The molecule has 4 aromatic rings. The summed E-state index contributed by atoms with van der Waals surface area (Å²) in [4.78, 5) is 0.527. The second-order valence-corrected chi connectivity index (χ2v) is 20.4. The molecule has 0 fully saturated rings. The van der Waals surface area contributed by atoms with Gasteiger partial charge in [0.2, 0.25) is 0 Å². The maximum Gasteiger partial charge on any atom is 0.420 e. The Labute approximate surface area is 323 Å². The van der Waals surface area contributed by atoms with Crippen LogP contribution in [0.15, 0.2) is 70.5 Å². The second-order valence-electron chi connectivity index (χ2n) is 18.0. The summed E-state index contributed by atoms with van der Waals surface area (Å²) in [6, 6.07) is 18.1. The topological polar surface area (TPSA) is 54.0 Å². The van der Waals surface area contributed by atoms with E-state index < -0.39 is 49.7 Å². The molecule has 3 atom stereocenters. The van der Waals surface area contributed by atoms with Crippen LogP contribution in [0.25, 0.3) is 0 Å². The average Bonchev–Trinajstić information content (AvgIpc) is 3.42. The lowest BCUT2D eigenvalue weighted by Crippen LogP contribution is -2.56. The fourth-order valence-electron chi connectivity index (χ4n) is 9.17. The molecular weight excluding hydrogens is 730 g/mol. The van der Waals surface area contributed by atoms with Gasteiger partial charge in [-0.1, -0.05) is 52.8 Å². The molecule has 2 aliphatic carbocycles. The Hall–Kier alpha value is -3.63. The molecule has 0 N–H and O–H groups in total. The Morgan fingerprint density at radius 3 is 1.67 bits per heavy atom. The van der Waals surface area contributed by atoms with Crippen LogP contribution in [0.1, 0.15) is 122 Å². The van der Waals surface area contributed by atoms with Crippen molar-refractivity contribution in [2.24, 2.45) is 0 Å². The predicted molar refractivity (Wildman–Crippen MR) is 208 cm³/mol. The van der Waals surface area contributed by atoms with Crippen LogP contribution in [0, 0.1) is 0 Å². The third kappa shape index (κ3) is 5.35. The number of hydrogen-bond acceptors (Lipinski definition) is 6. The molecule has 0 amide bonds. The molecular formula is C44H47F3O5S2. The number of fused-ring (bicyclic) bond motifs is 7. The first-order valence-electron chi connectivity index (χ1n) is 18.5. The molecule has 0 bridgehead atoms. The Balaban J connectivity index is 1.34. The van der Waals surface area contributed by atoms with Gasteiger partial charge >= 0.3 is 6.18 Å². The summed E-state index contributed by atoms with van der Waals surface area (Å²) in [5, 5.41) is 0. The minimum atomic E-state index is -4.83. The van der Waals surface area contributed by atoms with E-state index in [9.17, 15) is 4.21 Å². The van der Waals surface area contributed by atoms with Crippen LogP contribution >= 0.6 is 12.6 Å². The first kappa shape index (κ1) is 37.3. The smallest absolute Gasteiger partial charge is 0.420 e. The standard InChI is InChI=1S/C44H47F3O5S2/c1-11-42(10,53)29-21-34(54(48)24-15-13-12-14-16-24)36-37(35(29)44(45,46)47)50-31-19-27-25(17-30(31)49-36)38(2,3)22-43(27)23-39(4,5)26-18-32-33(20-28(26)43)52-41(8,9)40(6,7)51-32/h12-21,53H,11,22-23H2,1-10H3. The van der Waals surface area contributed by atoms with Gasteiger partial charge in [0, 0.05) is 15.1 Å². The molecule has 10 heteroatoms. The Bertz CT molecular complexity index is 2270. The summed E-state index contributed by atoms with van der Waals surface area (Å²) in [5.41, 5.74) is 0.963. The molecule has 54 heavy (non-hydrogen) atoms. The van der Waals surface area contributed by atoms with Crippen LogP contribution in [-0.4, -0.2) is 15.4 Å². The van der Waals surface area contributed by atoms with Crippen molar-refractivity contribution in [3.63, 3.8) is 0 Å². The average molecular weight is 777 g/mol. The van der Waals surface area contributed by atoms with Gasteiger partial charge in [0.05, 0.1) is 15.7 Å². The van der Waals surface area contributed by atoms with Crippen molar-refractivity contribution in [2.45, 2.75) is 137 Å². The zero-order chi connectivity index (χ0) is 39.2. The van der Waals surface area contributed by atoms with Crippen LogP contribution in [0.2, 0.25) is 0 Å². The minimum Gasteiger partial charge on any atom is -0.480 e. The Morgan fingerprint density at radius 2 is 1.17 bits per heavy atom. The first-order chi connectivity index (χ1) is 24.9. The van der Waals surface area contributed by atoms with Gasteiger partial charge in [-0.3, -0.25) is 0 Å². The lowest BCUT2D eigenvalue weighted by Gasteiger charge is -2.46. The van der Waals surface area contributed by atoms with Crippen molar-refractivity contribution in [2.75, 3.05) is 0 Å². The van der Waals surface area contributed by atoms with Gasteiger partial charge in [-0.05, 0) is 135 Å². The molecule has 2 heterocycles. The summed E-state index contributed by atoms with van der Waals surface area (Å²) in [7, 11) is -1.89. The highest BCUT2D eigenvalue weighted by Crippen LogP contribution is 2.67. The van der Waals surface area contributed by atoms with E-state index in [1.165, 1.54) is 6.07 Å². The van der Waals surface area contributed by atoms with Crippen LogP contribution in [-0.2, 0) is 38.0 Å². The lowest BCUT2D eigenvalue weighted by molar-refractivity contribution is -0.139. The van der Waals surface area contributed by atoms with Crippen molar-refractivity contribution >= 4 is 23.4 Å². The molecule has 5 nitrogen and oxygen atoms in total. The highest BCUT2D eigenvalue weighted by Gasteiger charge is 2.58. The number of hydrogen-bond donors (Lipinski definition) is 1. The fraction of sp³-hybridized carbons (Fsp3) is 0.455. The summed E-state index contributed by atoms with van der Waals surface area (Å²) < 4.78 is 85.2. The number of benzene rings is 4. The van der Waals surface area contributed by atoms with E-state index in [2.05, 4.69) is 39.8 Å². The van der Waals surface area contributed by atoms with Crippen molar-refractivity contribution in [1.29, 1.82) is 0 Å². The highest BCUT2D eigenvalue weighted by molar-refractivity contribution is 7.85. The van der Waals surface area contributed by atoms with E-state index in [4.69, 9.17) is 31.6 Å². The molecule has 3 unspecified atom stereocenters. The third-order valence-corrected chi connectivity index (χ3v) is 14.6. The largest absolute Gasteiger partial charge is 0.480 e. The molecule has 1 spiro atoms. The van der Waals surface area contributed by atoms with Gasteiger partial charge in [-0.25, -0.2) is 4.21 Å². The van der Waals surface area contributed by atoms with Crippen LogP contribution in [0.4, 0.5) is 13.2 Å². The van der Waals surface area contributed by atoms with Crippen LogP contribution in [0.3, 0.4) is 0 Å². The van der Waals surface area contributed by atoms with E-state index >= 15 is 13.2 Å². The Kier molecular flexibility index (Phi) is 7.92. The van der Waals surface area contributed by atoms with E-state index in [0.29, 0.717) is 16.4 Å². The van der Waals surface area contributed by atoms with Gasteiger partial charge in [-0.2, -0.15) is 25.8 Å². The summed E-state index contributed by atoms with van der Waals surface area (Å²) >= 11 is 4.71. The minimum absolute atomic E-state index is 0.0966. The zero-order valence-corrected chi connectivity index (χ0v) is 34.1. The van der Waals surface area contributed by atoms with E-state index in [0.717, 1.165) is 35.1 Å². The maximum atomic E-state index is 15.3. The normalized spacial score (nSPS) is 23.6. The fourth-order valence-corrected chi connectivity index (χ4v) is 10.5. The predicted octanol–water partition coefficient (Wildman–Crippen LogP) is 12.3. The maximum absolute atomic E-state index is 15.3. The molecule has 8 rings (SSSR count). The molecule has 0 radical (unpaired) electrons. The molecule has 4 aromatic carbocycles. The van der Waals surface area contributed by atoms with Gasteiger partial charge in [0.1, 0.15) is 16.8 Å². The number of rotatable bonds is 4. The third-order valence-electron chi connectivity index (χ3n) is 12.7. The summed E-state index contributed by atoms with van der Waals surface area (Å²) in [6.45, 7) is 20.4. The van der Waals surface area contributed by atoms with Gasteiger partial charge < -0.3 is 18.9 Å². The second kappa shape index (κ2) is 11.5. The van der Waals surface area contributed by atoms with Crippen LogP contribution < -0.4 is 18.9 Å². The molecule has 4 aliphatic rings. The number of thiol groups is 1. The quantitative estimate of drug-likeness (QED) is 0.184. The van der Waals surface area contributed by atoms with Gasteiger partial charge in [0.15, 0.2) is 34.5 Å². The number of ether oxygens (including phenoxy) is 4. The SMILES string of the molecule is CCC(C)(S)c1cc(S(=O)c2ccccc2)c2c(c1C(F)(F)F)Oc1cc3c(cc1O2)C(C)(C)CC31CC(C)(C)c2cc3c(cc21)OC(C)(C)C(C)(C)O3. The Morgan fingerprint density at radius 1 is 0.704 bits per heavy atom. The van der Waals surface area contributed by atoms with Crippen molar-refractivity contribution in [3.05, 3.63) is 94.0 Å². The van der Waals surface area contributed by atoms with Crippen molar-refractivity contribution in [3.8, 4) is 34.5 Å². The summed E-state index contributed by atoms with van der Waals surface area (Å²) in [5.74, 6) is 1.16. The van der Waals surface area contributed by atoms with Crippen LogP contribution in [0.5, 0.6) is 34.5 Å². The van der Waals surface area contributed by atoms with Gasteiger partial charge in [-0.15, -0.1) is 0 Å². The molecule has 0 aromatic heterocycles. The summed E-state index contributed by atoms with van der Waals surface area (Å²) in [6.07, 6.45) is -3.03. The molecule has 2 aliphatic heterocycles. The van der Waals surface area contributed by atoms with Crippen molar-refractivity contribution < 1.29 is 36.3 Å².